The summed E-state index contributed by atoms with van der Waals surface area (Å²) in [6.07, 6.45) is 0. The van der Waals surface area contributed by atoms with E-state index in [1.807, 2.05) is 17.0 Å². The van der Waals surface area contributed by atoms with Crippen molar-refractivity contribution in [2.45, 2.75) is 6.92 Å². The molecular weight excluding hydrogens is 440 g/mol. The summed E-state index contributed by atoms with van der Waals surface area (Å²) < 4.78 is 10.4. The van der Waals surface area contributed by atoms with Crippen molar-refractivity contribution in [2.24, 2.45) is 0 Å². The number of carbonyl (C=O) groups excluding carboxylic acids is 2. The van der Waals surface area contributed by atoms with Crippen LogP contribution in [0.2, 0.25) is 0 Å². The first kappa shape index (κ1) is 23.5. The quantitative estimate of drug-likeness (QED) is 0.362. The first-order chi connectivity index (χ1) is 16.5. The Hall–Kier alpha value is -3.66. The number of hydrogen-bond donors (Lipinski definition) is 0. The zero-order valence-electron chi connectivity index (χ0n) is 19.1. The lowest BCUT2D eigenvalue weighted by atomic mass is 10.1. The van der Waals surface area contributed by atoms with Crippen LogP contribution in [0.3, 0.4) is 0 Å². The summed E-state index contributed by atoms with van der Waals surface area (Å²) in [6, 6.07) is 11.7. The number of benzene rings is 2. The molecule has 180 valence electrons. The highest BCUT2D eigenvalue weighted by atomic mass is 16.6. The molecule has 0 spiro atoms. The van der Waals surface area contributed by atoms with E-state index in [9.17, 15) is 19.7 Å². The molecule has 2 heterocycles. The smallest absolute Gasteiger partial charge is 0.338 e. The van der Waals surface area contributed by atoms with E-state index in [0.29, 0.717) is 75.9 Å². The molecule has 1 amide bonds. The van der Waals surface area contributed by atoms with Gasteiger partial charge in [0.1, 0.15) is 0 Å². The summed E-state index contributed by atoms with van der Waals surface area (Å²) in [5, 5.41) is 11.4. The Labute approximate surface area is 197 Å². The zero-order chi connectivity index (χ0) is 24.1. The molecule has 2 aliphatic rings. The van der Waals surface area contributed by atoms with Crippen molar-refractivity contribution in [3.63, 3.8) is 0 Å². The summed E-state index contributed by atoms with van der Waals surface area (Å²) in [6.45, 7) is 6.68. The number of esters is 1. The van der Waals surface area contributed by atoms with Gasteiger partial charge in [-0.2, -0.15) is 0 Å². The minimum Gasteiger partial charge on any atom is -0.462 e. The second-order valence-corrected chi connectivity index (χ2v) is 8.10. The highest BCUT2D eigenvalue weighted by Crippen LogP contribution is 2.28. The predicted molar refractivity (Wildman–Crippen MR) is 127 cm³/mol. The molecular formula is C24H28N4O6. The largest absolute Gasteiger partial charge is 0.462 e. The topological polar surface area (TPSA) is 105 Å². The average Bonchev–Trinajstić information content (AvgIpc) is 2.88. The highest BCUT2D eigenvalue weighted by Gasteiger charge is 2.28. The van der Waals surface area contributed by atoms with Gasteiger partial charge in [0.15, 0.2) is 0 Å². The van der Waals surface area contributed by atoms with Gasteiger partial charge in [0.05, 0.1) is 41.6 Å². The van der Waals surface area contributed by atoms with Gasteiger partial charge in [-0.15, -0.1) is 0 Å². The Morgan fingerprint density at radius 3 is 2.26 bits per heavy atom. The monoisotopic (exact) mass is 468 g/mol. The molecule has 0 radical (unpaired) electrons. The Balaban J connectivity index is 1.46. The lowest BCUT2D eigenvalue weighted by Crippen LogP contribution is -2.49. The van der Waals surface area contributed by atoms with E-state index in [-0.39, 0.29) is 17.6 Å². The van der Waals surface area contributed by atoms with Crippen molar-refractivity contribution in [1.82, 2.24) is 4.90 Å². The number of non-ortho nitro benzene ring substituents is 1. The van der Waals surface area contributed by atoms with E-state index in [2.05, 4.69) is 4.90 Å². The Morgan fingerprint density at radius 1 is 0.971 bits per heavy atom. The predicted octanol–water partition coefficient (Wildman–Crippen LogP) is 2.57. The summed E-state index contributed by atoms with van der Waals surface area (Å²) >= 11 is 0. The lowest BCUT2D eigenvalue weighted by molar-refractivity contribution is -0.384. The fourth-order valence-electron chi connectivity index (χ4n) is 4.25. The molecule has 2 aliphatic heterocycles. The molecule has 0 atom stereocenters. The number of nitro benzene ring substituents is 1. The molecule has 0 aliphatic carbocycles. The fraction of sp³-hybridized carbons (Fsp3) is 0.417. The van der Waals surface area contributed by atoms with Gasteiger partial charge in [0.25, 0.3) is 11.6 Å². The zero-order valence-corrected chi connectivity index (χ0v) is 19.1. The van der Waals surface area contributed by atoms with E-state index in [1.54, 1.807) is 30.0 Å². The third kappa shape index (κ3) is 5.12. The summed E-state index contributed by atoms with van der Waals surface area (Å²) in [5.41, 5.74) is 2.42. The number of morpholine rings is 1. The van der Waals surface area contributed by atoms with Crippen LogP contribution in [-0.4, -0.2) is 80.8 Å². The van der Waals surface area contributed by atoms with E-state index in [4.69, 9.17) is 9.47 Å². The first-order valence-electron chi connectivity index (χ1n) is 11.4. The maximum absolute atomic E-state index is 13.4. The number of anilines is 2. The van der Waals surface area contributed by atoms with Gasteiger partial charge >= 0.3 is 5.97 Å². The number of piperazine rings is 1. The minimum atomic E-state index is -0.474. The molecule has 2 saturated heterocycles. The van der Waals surface area contributed by atoms with Crippen molar-refractivity contribution in [1.29, 1.82) is 0 Å². The number of carbonyl (C=O) groups is 2. The standard InChI is InChI=1S/C24H28N4O6/c1-2-34-24(30)18-3-5-19(6-4-18)25-9-11-27(12-10-25)23(29)21-17-20(28(31)32)7-8-22(21)26-13-15-33-16-14-26/h3-8,17H,2,9-16H2,1H3. The number of rotatable bonds is 6. The molecule has 0 bridgehead atoms. The van der Waals surface area contributed by atoms with E-state index in [0.717, 1.165) is 5.69 Å². The first-order valence-corrected chi connectivity index (χ1v) is 11.4. The molecule has 0 saturated carbocycles. The molecule has 0 N–H and O–H groups in total. The number of nitrogens with zero attached hydrogens (tertiary/aromatic N) is 4. The van der Waals surface area contributed by atoms with Crippen LogP contribution in [0.1, 0.15) is 27.6 Å². The van der Waals surface area contributed by atoms with Crippen LogP contribution in [0, 0.1) is 10.1 Å². The van der Waals surface area contributed by atoms with Gasteiger partial charge in [0.2, 0.25) is 0 Å². The summed E-state index contributed by atoms with van der Waals surface area (Å²) in [7, 11) is 0. The van der Waals surface area contributed by atoms with Gasteiger partial charge in [0, 0.05) is 57.1 Å². The third-order valence-corrected chi connectivity index (χ3v) is 6.08. The third-order valence-electron chi connectivity index (χ3n) is 6.08. The maximum atomic E-state index is 13.4. The SMILES string of the molecule is CCOC(=O)c1ccc(N2CCN(C(=O)c3cc([N+](=O)[O-])ccc3N3CCOCC3)CC2)cc1. The molecule has 0 aromatic heterocycles. The molecule has 10 heteroatoms. The summed E-state index contributed by atoms with van der Waals surface area (Å²) in [4.78, 5) is 42.1. The Kier molecular flexibility index (Phi) is 7.27. The molecule has 4 rings (SSSR count). The Bertz CT molecular complexity index is 1040. The van der Waals surface area contributed by atoms with Gasteiger partial charge in [-0.25, -0.2) is 4.79 Å². The van der Waals surface area contributed by atoms with Crippen molar-refractivity contribution in [3.8, 4) is 0 Å². The number of nitro groups is 1. The Morgan fingerprint density at radius 2 is 1.65 bits per heavy atom. The maximum Gasteiger partial charge on any atom is 0.338 e. The molecule has 0 unspecified atom stereocenters. The normalized spacial score (nSPS) is 16.3. The fourth-order valence-corrected chi connectivity index (χ4v) is 4.25. The number of ether oxygens (including phenoxy) is 2. The number of amides is 1. The lowest BCUT2D eigenvalue weighted by Gasteiger charge is -2.37. The van der Waals surface area contributed by atoms with Crippen molar-refractivity contribution in [2.75, 3.05) is 68.9 Å². The van der Waals surface area contributed by atoms with Crippen LogP contribution < -0.4 is 9.80 Å². The van der Waals surface area contributed by atoms with Crippen molar-refractivity contribution < 1.29 is 24.0 Å². The molecule has 2 fully saturated rings. The van der Waals surface area contributed by atoms with Crippen LogP contribution in [0.5, 0.6) is 0 Å². The van der Waals surface area contributed by atoms with Crippen LogP contribution in [0.4, 0.5) is 17.1 Å². The van der Waals surface area contributed by atoms with Crippen LogP contribution in [0.25, 0.3) is 0 Å². The second kappa shape index (κ2) is 10.5. The molecule has 2 aromatic carbocycles. The van der Waals surface area contributed by atoms with Gasteiger partial charge < -0.3 is 24.2 Å². The van der Waals surface area contributed by atoms with Gasteiger partial charge in [-0.3, -0.25) is 14.9 Å². The number of hydrogen-bond acceptors (Lipinski definition) is 8. The average molecular weight is 469 g/mol. The van der Waals surface area contributed by atoms with Crippen LogP contribution >= 0.6 is 0 Å². The van der Waals surface area contributed by atoms with Crippen molar-refractivity contribution >= 4 is 28.9 Å². The molecule has 2 aromatic rings. The van der Waals surface area contributed by atoms with Crippen molar-refractivity contribution in [3.05, 3.63) is 63.7 Å². The van der Waals surface area contributed by atoms with E-state index in [1.165, 1.54) is 12.1 Å². The van der Waals surface area contributed by atoms with Crippen LogP contribution in [0.15, 0.2) is 42.5 Å². The van der Waals surface area contributed by atoms with Gasteiger partial charge in [-0.05, 0) is 37.3 Å². The van der Waals surface area contributed by atoms with Gasteiger partial charge in [-0.1, -0.05) is 0 Å². The van der Waals surface area contributed by atoms with E-state index < -0.39 is 4.92 Å². The molecule has 34 heavy (non-hydrogen) atoms. The van der Waals surface area contributed by atoms with Crippen LogP contribution in [-0.2, 0) is 9.47 Å². The molecule has 10 nitrogen and oxygen atoms in total. The summed E-state index contributed by atoms with van der Waals surface area (Å²) in [5.74, 6) is -0.556. The van der Waals surface area contributed by atoms with E-state index >= 15 is 0 Å². The second-order valence-electron chi connectivity index (χ2n) is 8.10. The highest BCUT2D eigenvalue weighted by molar-refractivity contribution is 6.00. The minimum absolute atomic E-state index is 0.0966.